The van der Waals surface area contributed by atoms with Crippen LogP contribution in [0.25, 0.3) is 0 Å². The lowest BCUT2D eigenvalue weighted by Gasteiger charge is -2.03. The number of amides is 1. The molecule has 19 heavy (non-hydrogen) atoms. The monoisotopic (exact) mass is 261 g/mol. The summed E-state index contributed by atoms with van der Waals surface area (Å²) in [4.78, 5) is 15.7. The quantitative estimate of drug-likeness (QED) is 0.310. The first-order valence-electron chi connectivity index (χ1n) is 5.32. The molecule has 0 atom stereocenters. The highest BCUT2D eigenvalue weighted by Gasteiger charge is 2.08. The Labute approximate surface area is 107 Å². The van der Waals surface area contributed by atoms with Crippen LogP contribution in [0.1, 0.15) is 21.7 Å². The topological polar surface area (TPSA) is 127 Å². The van der Waals surface area contributed by atoms with Crippen molar-refractivity contribution >= 4 is 11.7 Å². The van der Waals surface area contributed by atoms with E-state index >= 15 is 0 Å². The van der Waals surface area contributed by atoms with Gasteiger partial charge < -0.3 is 20.8 Å². The van der Waals surface area contributed by atoms with Crippen LogP contribution in [-0.2, 0) is 6.54 Å². The minimum atomic E-state index is -0.353. The number of carbonyl (C=O) groups is 1. The Hall–Kier alpha value is -2.90. The van der Waals surface area contributed by atoms with Crippen molar-refractivity contribution in [1.82, 2.24) is 15.5 Å². The summed E-state index contributed by atoms with van der Waals surface area (Å²) in [7, 11) is 0. The lowest BCUT2D eigenvalue weighted by molar-refractivity contribution is 0.0945. The van der Waals surface area contributed by atoms with Crippen molar-refractivity contribution in [3.63, 3.8) is 0 Å². The third-order valence-electron chi connectivity index (χ3n) is 2.32. The molecule has 8 heteroatoms. The molecule has 8 nitrogen and oxygen atoms in total. The average Bonchev–Trinajstić information content (AvgIpc) is 2.97. The van der Waals surface area contributed by atoms with E-state index in [9.17, 15) is 4.79 Å². The standard InChI is InChI=1S/C11H11N5O3/c12-10(15-18)7-1-2-9(13-5-7)11(17)14-6-8-3-4-19-16-8/h1-5,18H,6H2,(H2,12,15)(H,14,17). The van der Waals surface area contributed by atoms with Crippen molar-refractivity contribution in [1.29, 1.82) is 0 Å². The average molecular weight is 261 g/mol. The molecule has 0 radical (unpaired) electrons. The summed E-state index contributed by atoms with van der Waals surface area (Å²) in [5.41, 5.74) is 6.64. The summed E-state index contributed by atoms with van der Waals surface area (Å²) >= 11 is 0. The second-order valence-electron chi connectivity index (χ2n) is 3.59. The highest BCUT2D eigenvalue weighted by atomic mass is 16.5. The van der Waals surface area contributed by atoms with E-state index in [0.717, 1.165) is 0 Å². The Morgan fingerprint density at radius 3 is 2.89 bits per heavy atom. The van der Waals surface area contributed by atoms with Crippen LogP contribution in [0.3, 0.4) is 0 Å². The smallest absolute Gasteiger partial charge is 0.270 e. The molecule has 0 saturated heterocycles. The van der Waals surface area contributed by atoms with Crippen LogP contribution in [0.2, 0.25) is 0 Å². The Kier molecular flexibility index (Phi) is 3.72. The predicted molar refractivity (Wildman–Crippen MR) is 64.4 cm³/mol. The van der Waals surface area contributed by atoms with Crippen molar-refractivity contribution < 1.29 is 14.5 Å². The summed E-state index contributed by atoms with van der Waals surface area (Å²) in [5.74, 6) is -0.420. The number of nitrogens with one attached hydrogen (secondary N) is 1. The third kappa shape index (κ3) is 3.06. The van der Waals surface area contributed by atoms with E-state index in [1.54, 1.807) is 6.07 Å². The van der Waals surface area contributed by atoms with Crippen molar-refractivity contribution in [2.75, 3.05) is 0 Å². The van der Waals surface area contributed by atoms with Gasteiger partial charge >= 0.3 is 0 Å². The first-order valence-corrected chi connectivity index (χ1v) is 5.32. The predicted octanol–water partition coefficient (Wildman–Crippen LogP) is 0.0941. The van der Waals surface area contributed by atoms with Gasteiger partial charge in [-0.3, -0.25) is 9.78 Å². The molecular formula is C11H11N5O3. The van der Waals surface area contributed by atoms with E-state index in [4.69, 9.17) is 10.9 Å². The first-order chi connectivity index (χ1) is 9.20. The summed E-state index contributed by atoms with van der Waals surface area (Å²) in [6.07, 6.45) is 2.77. The molecule has 4 N–H and O–H groups in total. The highest BCUT2D eigenvalue weighted by molar-refractivity contribution is 5.98. The molecule has 0 aromatic carbocycles. The third-order valence-corrected chi connectivity index (χ3v) is 2.32. The molecule has 2 rings (SSSR count). The number of pyridine rings is 1. The number of nitrogens with zero attached hydrogens (tertiary/aromatic N) is 3. The van der Waals surface area contributed by atoms with E-state index in [-0.39, 0.29) is 24.0 Å². The molecular weight excluding hydrogens is 250 g/mol. The minimum absolute atomic E-state index is 0.0675. The normalized spacial score (nSPS) is 11.3. The molecule has 1 amide bonds. The Balaban J connectivity index is 1.99. The molecule has 0 aliphatic carbocycles. The number of rotatable bonds is 4. The SMILES string of the molecule is N/C(=N/O)c1ccc(C(=O)NCc2ccon2)nc1. The second kappa shape index (κ2) is 5.63. The van der Waals surface area contributed by atoms with Crippen LogP contribution >= 0.6 is 0 Å². The number of hydrogen-bond acceptors (Lipinski definition) is 6. The zero-order valence-electron chi connectivity index (χ0n) is 9.78. The fourth-order valence-corrected chi connectivity index (χ4v) is 1.33. The minimum Gasteiger partial charge on any atom is -0.409 e. The van der Waals surface area contributed by atoms with Crippen LogP contribution in [0.4, 0.5) is 0 Å². The lowest BCUT2D eigenvalue weighted by atomic mass is 10.2. The maximum absolute atomic E-state index is 11.7. The van der Waals surface area contributed by atoms with Crippen LogP contribution in [0, 0.1) is 0 Å². The fourth-order valence-electron chi connectivity index (χ4n) is 1.33. The Morgan fingerprint density at radius 1 is 1.47 bits per heavy atom. The molecule has 2 aromatic heterocycles. The molecule has 0 unspecified atom stereocenters. The Morgan fingerprint density at radius 2 is 2.32 bits per heavy atom. The van der Waals surface area contributed by atoms with Crippen molar-refractivity contribution in [3.05, 3.63) is 47.6 Å². The van der Waals surface area contributed by atoms with E-state index in [0.29, 0.717) is 11.3 Å². The molecule has 0 spiro atoms. The van der Waals surface area contributed by atoms with Crippen LogP contribution < -0.4 is 11.1 Å². The van der Waals surface area contributed by atoms with Gasteiger partial charge in [0.05, 0.1) is 6.54 Å². The van der Waals surface area contributed by atoms with Gasteiger partial charge in [0.25, 0.3) is 5.91 Å². The Bertz CT molecular complexity index is 577. The number of aromatic nitrogens is 2. The number of amidine groups is 1. The van der Waals surface area contributed by atoms with Gasteiger partial charge in [0.15, 0.2) is 5.84 Å². The zero-order valence-corrected chi connectivity index (χ0v) is 9.78. The summed E-state index contributed by atoms with van der Waals surface area (Å²) < 4.78 is 4.64. The van der Waals surface area contributed by atoms with Gasteiger partial charge in [-0.05, 0) is 12.1 Å². The van der Waals surface area contributed by atoms with Gasteiger partial charge in [0.2, 0.25) is 0 Å². The van der Waals surface area contributed by atoms with Crippen molar-refractivity contribution in [2.45, 2.75) is 6.54 Å². The molecule has 2 aromatic rings. The molecule has 0 saturated carbocycles. The van der Waals surface area contributed by atoms with Gasteiger partial charge in [-0.2, -0.15) is 0 Å². The second-order valence-corrected chi connectivity index (χ2v) is 3.59. The van der Waals surface area contributed by atoms with Gasteiger partial charge in [0.1, 0.15) is 17.7 Å². The van der Waals surface area contributed by atoms with Gasteiger partial charge in [0, 0.05) is 17.8 Å². The van der Waals surface area contributed by atoms with E-state index in [2.05, 4.69) is 25.1 Å². The number of oxime groups is 1. The molecule has 0 bridgehead atoms. The van der Waals surface area contributed by atoms with E-state index in [1.165, 1.54) is 24.6 Å². The van der Waals surface area contributed by atoms with Gasteiger partial charge in [-0.1, -0.05) is 10.3 Å². The van der Waals surface area contributed by atoms with Gasteiger partial charge in [-0.25, -0.2) is 0 Å². The molecule has 0 aliphatic rings. The number of hydrogen-bond donors (Lipinski definition) is 3. The van der Waals surface area contributed by atoms with E-state index in [1.807, 2.05) is 0 Å². The van der Waals surface area contributed by atoms with Crippen LogP contribution in [0.15, 0.2) is 40.3 Å². The summed E-state index contributed by atoms with van der Waals surface area (Å²) in [6, 6.07) is 4.66. The summed E-state index contributed by atoms with van der Waals surface area (Å²) in [5, 5.41) is 17.6. The zero-order chi connectivity index (χ0) is 13.7. The highest BCUT2D eigenvalue weighted by Crippen LogP contribution is 2.01. The summed E-state index contributed by atoms with van der Waals surface area (Å²) in [6.45, 7) is 0.249. The first kappa shape index (κ1) is 12.6. The number of carbonyl (C=O) groups excluding carboxylic acids is 1. The van der Waals surface area contributed by atoms with Gasteiger partial charge in [-0.15, -0.1) is 0 Å². The van der Waals surface area contributed by atoms with Crippen LogP contribution in [0.5, 0.6) is 0 Å². The van der Waals surface area contributed by atoms with Crippen molar-refractivity contribution in [2.24, 2.45) is 10.9 Å². The molecule has 2 heterocycles. The van der Waals surface area contributed by atoms with Crippen molar-refractivity contribution in [3.8, 4) is 0 Å². The molecule has 0 fully saturated rings. The largest absolute Gasteiger partial charge is 0.409 e. The number of nitrogens with two attached hydrogens (primary N) is 1. The van der Waals surface area contributed by atoms with Crippen LogP contribution in [-0.4, -0.2) is 27.1 Å². The maximum atomic E-state index is 11.7. The fraction of sp³-hybridized carbons (Fsp3) is 0.0909. The molecule has 0 aliphatic heterocycles. The lowest BCUT2D eigenvalue weighted by Crippen LogP contribution is -2.24. The van der Waals surface area contributed by atoms with E-state index < -0.39 is 0 Å². The molecule has 98 valence electrons. The maximum Gasteiger partial charge on any atom is 0.270 e.